The maximum absolute atomic E-state index is 8.93. The summed E-state index contributed by atoms with van der Waals surface area (Å²) in [6, 6.07) is 0. The summed E-state index contributed by atoms with van der Waals surface area (Å²) in [6.07, 6.45) is -0.0810. The Morgan fingerprint density at radius 1 is 1.70 bits per heavy atom. The van der Waals surface area contributed by atoms with Crippen LogP contribution in [0.3, 0.4) is 0 Å². The monoisotopic (exact) mass is 163 g/mol. The molecule has 1 fully saturated rings. The lowest BCUT2D eigenvalue weighted by atomic mass is 10.1. The molecule has 1 aliphatic heterocycles. The Kier molecular flexibility index (Phi) is 2.96. The van der Waals surface area contributed by atoms with E-state index in [0.29, 0.717) is 11.8 Å². The summed E-state index contributed by atoms with van der Waals surface area (Å²) in [4.78, 5) is 2.22. The average Bonchev–Trinajstić information content (AvgIpc) is 1.84. The molecule has 0 aromatic carbocycles. The molecule has 0 bridgehead atoms. The Labute approximate surface area is 66.8 Å². The Bertz CT molecular complexity index is 104. The van der Waals surface area contributed by atoms with Gasteiger partial charge in [-0.15, -0.1) is 11.6 Å². The fraction of sp³-hybridized carbons (Fsp3) is 1.00. The number of likely N-dealkylation sites (tertiary alicyclic amines) is 1. The van der Waals surface area contributed by atoms with E-state index in [1.165, 1.54) is 0 Å². The lowest BCUT2D eigenvalue weighted by Gasteiger charge is -2.37. The summed E-state index contributed by atoms with van der Waals surface area (Å²) in [5.74, 6) is 1.27. The second-order valence-corrected chi connectivity index (χ2v) is 3.44. The molecule has 1 rings (SSSR count). The van der Waals surface area contributed by atoms with Crippen molar-refractivity contribution in [3.8, 4) is 0 Å². The highest BCUT2D eigenvalue weighted by atomic mass is 35.5. The molecule has 10 heavy (non-hydrogen) atoms. The molecule has 0 amide bonds. The van der Waals surface area contributed by atoms with Crippen LogP contribution in [0, 0.1) is 5.92 Å². The van der Waals surface area contributed by atoms with Crippen molar-refractivity contribution in [3.05, 3.63) is 0 Å². The van der Waals surface area contributed by atoms with Crippen molar-refractivity contribution in [2.75, 3.05) is 25.5 Å². The second kappa shape index (κ2) is 3.56. The van der Waals surface area contributed by atoms with Crippen molar-refractivity contribution < 1.29 is 5.11 Å². The molecule has 0 saturated carbocycles. The van der Waals surface area contributed by atoms with Gasteiger partial charge in [-0.2, -0.15) is 0 Å². The number of nitrogens with zero attached hydrogens (tertiary/aromatic N) is 1. The van der Waals surface area contributed by atoms with Gasteiger partial charge >= 0.3 is 0 Å². The highest BCUT2D eigenvalue weighted by molar-refractivity contribution is 6.18. The summed E-state index contributed by atoms with van der Waals surface area (Å²) in [5, 5.41) is 8.93. The maximum Gasteiger partial charge on any atom is 0.0793 e. The van der Waals surface area contributed by atoms with Crippen molar-refractivity contribution in [3.63, 3.8) is 0 Å². The second-order valence-electron chi connectivity index (χ2n) is 3.13. The number of alkyl halides is 1. The van der Waals surface area contributed by atoms with Gasteiger partial charge in [0.1, 0.15) is 0 Å². The molecule has 0 aromatic heterocycles. The van der Waals surface area contributed by atoms with E-state index in [0.717, 1.165) is 19.6 Å². The van der Waals surface area contributed by atoms with E-state index >= 15 is 0 Å². The molecule has 1 heterocycles. The SMILES string of the molecule is CC(CCl)CN1CC(O)C1. The maximum atomic E-state index is 8.93. The largest absolute Gasteiger partial charge is 0.390 e. The van der Waals surface area contributed by atoms with Crippen LogP contribution in [0.4, 0.5) is 0 Å². The molecular formula is C7H14ClNO. The molecule has 1 unspecified atom stereocenters. The number of hydrogen-bond acceptors (Lipinski definition) is 2. The topological polar surface area (TPSA) is 23.5 Å². The Hall–Kier alpha value is 0.210. The minimum atomic E-state index is -0.0810. The van der Waals surface area contributed by atoms with E-state index in [1.54, 1.807) is 0 Å². The quantitative estimate of drug-likeness (QED) is 0.614. The zero-order valence-electron chi connectivity index (χ0n) is 6.26. The van der Waals surface area contributed by atoms with E-state index in [4.69, 9.17) is 16.7 Å². The van der Waals surface area contributed by atoms with Gasteiger partial charge < -0.3 is 5.11 Å². The lowest BCUT2D eigenvalue weighted by molar-refractivity contribution is -0.00367. The molecule has 1 saturated heterocycles. The van der Waals surface area contributed by atoms with Gasteiger partial charge in [-0.1, -0.05) is 6.92 Å². The smallest absolute Gasteiger partial charge is 0.0793 e. The van der Waals surface area contributed by atoms with Crippen LogP contribution in [0.25, 0.3) is 0 Å². The third-order valence-electron chi connectivity index (χ3n) is 1.77. The van der Waals surface area contributed by atoms with Gasteiger partial charge in [-0.25, -0.2) is 0 Å². The summed E-state index contributed by atoms with van der Waals surface area (Å²) < 4.78 is 0. The highest BCUT2D eigenvalue weighted by Crippen LogP contribution is 2.10. The number of hydrogen-bond donors (Lipinski definition) is 1. The van der Waals surface area contributed by atoms with Crippen LogP contribution in [0.2, 0.25) is 0 Å². The van der Waals surface area contributed by atoms with Crippen molar-refractivity contribution in [1.29, 1.82) is 0 Å². The number of aliphatic hydroxyl groups is 1. The van der Waals surface area contributed by atoms with Gasteiger partial charge in [0.15, 0.2) is 0 Å². The lowest BCUT2D eigenvalue weighted by Crippen LogP contribution is -2.52. The molecule has 0 aromatic rings. The Morgan fingerprint density at radius 2 is 2.30 bits per heavy atom. The molecular weight excluding hydrogens is 150 g/mol. The summed E-state index contributed by atoms with van der Waals surface area (Å²) in [7, 11) is 0. The third kappa shape index (κ3) is 2.11. The first-order valence-electron chi connectivity index (χ1n) is 3.68. The van der Waals surface area contributed by atoms with Crippen LogP contribution < -0.4 is 0 Å². The van der Waals surface area contributed by atoms with Gasteiger partial charge in [0, 0.05) is 25.5 Å². The van der Waals surface area contributed by atoms with E-state index in [9.17, 15) is 0 Å². The first kappa shape index (κ1) is 8.31. The minimum Gasteiger partial charge on any atom is -0.390 e. The predicted octanol–water partition coefficient (Wildman–Crippen LogP) is 0.538. The first-order valence-corrected chi connectivity index (χ1v) is 4.22. The van der Waals surface area contributed by atoms with E-state index in [-0.39, 0.29) is 6.10 Å². The van der Waals surface area contributed by atoms with Gasteiger partial charge in [0.2, 0.25) is 0 Å². The van der Waals surface area contributed by atoms with Crippen LogP contribution in [-0.4, -0.2) is 41.6 Å². The van der Waals surface area contributed by atoms with Crippen molar-refractivity contribution >= 4 is 11.6 Å². The van der Waals surface area contributed by atoms with Crippen molar-refractivity contribution in [1.82, 2.24) is 4.90 Å². The van der Waals surface area contributed by atoms with Gasteiger partial charge in [-0.3, -0.25) is 4.90 Å². The Balaban J connectivity index is 2.04. The number of halogens is 1. The standard InChI is InChI=1S/C7H14ClNO/c1-6(2-8)3-9-4-7(10)5-9/h6-7,10H,2-5H2,1H3. The van der Waals surface area contributed by atoms with Gasteiger partial charge in [-0.05, 0) is 5.92 Å². The Morgan fingerprint density at radius 3 is 2.70 bits per heavy atom. The van der Waals surface area contributed by atoms with Crippen LogP contribution >= 0.6 is 11.6 Å². The van der Waals surface area contributed by atoms with Gasteiger partial charge in [0.05, 0.1) is 6.10 Å². The predicted molar refractivity (Wildman–Crippen MR) is 42.3 cm³/mol. The highest BCUT2D eigenvalue weighted by Gasteiger charge is 2.24. The van der Waals surface area contributed by atoms with Crippen LogP contribution in [0.5, 0.6) is 0 Å². The molecule has 1 aliphatic rings. The minimum absolute atomic E-state index is 0.0810. The number of aliphatic hydroxyl groups excluding tert-OH is 1. The first-order chi connectivity index (χ1) is 4.72. The molecule has 3 heteroatoms. The molecule has 1 atom stereocenters. The zero-order chi connectivity index (χ0) is 7.56. The van der Waals surface area contributed by atoms with Crippen LogP contribution in [0.15, 0.2) is 0 Å². The molecule has 0 spiro atoms. The van der Waals surface area contributed by atoms with Crippen molar-refractivity contribution in [2.24, 2.45) is 5.92 Å². The zero-order valence-corrected chi connectivity index (χ0v) is 7.01. The molecule has 0 radical (unpaired) electrons. The van der Waals surface area contributed by atoms with Gasteiger partial charge in [0.25, 0.3) is 0 Å². The van der Waals surface area contributed by atoms with Crippen molar-refractivity contribution in [2.45, 2.75) is 13.0 Å². The summed E-state index contributed by atoms with van der Waals surface area (Å²) >= 11 is 5.62. The molecule has 2 nitrogen and oxygen atoms in total. The average molecular weight is 164 g/mol. The third-order valence-corrected chi connectivity index (χ3v) is 2.30. The normalized spacial score (nSPS) is 24.3. The molecule has 1 N–H and O–H groups in total. The fourth-order valence-electron chi connectivity index (χ4n) is 1.18. The number of β-amino-alcohol motifs (C(OH)–C–C–N with tert-alkyl or cyclic N) is 1. The van der Waals surface area contributed by atoms with Crippen LogP contribution in [-0.2, 0) is 0 Å². The van der Waals surface area contributed by atoms with E-state index in [2.05, 4.69) is 11.8 Å². The summed E-state index contributed by atoms with van der Waals surface area (Å²) in [6.45, 7) is 4.82. The molecule has 0 aliphatic carbocycles. The number of rotatable bonds is 3. The molecule has 60 valence electrons. The fourth-order valence-corrected chi connectivity index (χ4v) is 1.28. The van der Waals surface area contributed by atoms with Crippen LogP contribution in [0.1, 0.15) is 6.92 Å². The van der Waals surface area contributed by atoms with E-state index < -0.39 is 0 Å². The van der Waals surface area contributed by atoms with E-state index in [1.807, 2.05) is 0 Å². The summed E-state index contributed by atoms with van der Waals surface area (Å²) in [5.41, 5.74) is 0.